The fraction of sp³-hybridized carbons (Fsp3) is 0.150. The first kappa shape index (κ1) is 19.0. The van der Waals surface area contributed by atoms with Gasteiger partial charge in [-0.2, -0.15) is 0 Å². The molecule has 2 aromatic carbocycles. The highest BCUT2D eigenvalue weighted by molar-refractivity contribution is 5.82. The van der Waals surface area contributed by atoms with Crippen molar-refractivity contribution in [1.29, 1.82) is 0 Å². The number of amides is 1. The SMILES string of the molecule is CCOc1ccc(Nc2ncnc(NNC(=O)Cc3ccccc3)c2N)cc1. The van der Waals surface area contributed by atoms with Crippen LogP contribution in [0.4, 0.5) is 23.0 Å². The molecule has 0 atom stereocenters. The molecule has 144 valence electrons. The number of nitrogens with two attached hydrogens (primary N) is 1. The van der Waals surface area contributed by atoms with Gasteiger partial charge in [0.05, 0.1) is 13.0 Å². The molecule has 0 aliphatic carbocycles. The normalized spacial score (nSPS) is 10.2. The van der Waals surface area contributed by atoms with Crippen molar-refractivity contribution >= 4 is 28.9 Å². The van der Waals surface area contributed by atoms with E-state index in [1.54, 1.807) is 0 Å². The van der Waals surface area contributed by atoms with E-state index in [1.807, 2.05) is 61.5 Å². The number of rotatable bonds is 8. The third kappa shape index (κ3) is 5.10. The van der Waals surface area contributed by atoms with Crippen LogP contribution in [0.3, 0.4) is 0 Å². The summed E-state index contributed by atoms with van der Waals surface area (Å²) in [4.78, 5) is 20.3. The van der Waals surface area contributed by atoms with E-state index in [2.05, 4.69) is 26.1 Å². The summed E-state index contributed by atoms with van der Waals surface area (Å²) in [6.45, 7) is 2.54. The maximum Gasteiger partial charge on any atom is 0.242 e. The van der Waals surface area contributed by atoms with E-state index in [4.69, 9.17) is 10.5 Å². The molecule has 3 rings (SSSR count). The first-order valence-electron chi connectivity index (χ1n) is 8.85. The van der Waals surface area contributed by atoms with Gasteiger partial charge in [-0.1, -0.05) is 30.3 Å². The molecule has 0 bridgehead atoms. The number of anilines is 4. The first-order valence-corrected chi connectivity index (χ1v) is 8.85. The molecule has 3 aromatic rings. The Kier molecular flexibility index (Phi) is 6.25. The van der Waals surface area contributed by atoms with Gasteiger partial charge in [0.25, 0.3) is 0 Å². The lowest BCUT2D eigenvalue weighted by Gasteiger charge is -2.13. The molecule has 8 nitrogen and oxygen atoms in total. The zero-order valence-electron chi connectivity index (χ0n) is 15.5. The molecule has 5 N–H and O–H groups in total. The average Bonchev–Trinajstić information content (AvgIpc) is 2.71. The van der Waals surface area contributed by atoms with Gasteiger partial charge in [0.1, 0.15) is 17.8 Å². The fourth-order valence-electron chi connectivity index (χ4n) is 2.49. The molecule has 1 amide bonds. The Morgan fingerprint density at radius 2 is 1.75 bits per heavy atom. The summed E-state index contributed by atoms with van der Waals surface area (Å²) < 4.78 is 5.42. The van der Waals surface area contributed by atoms with Crippen LogP contribution in [0.15, 0.2) is 60.9 Å². The minimum atomic E-state index is -0.203. The molecule has 0 spiro atoms. The number of nitrogens with one attached hydrogen (secondary N) is 3. The molecular formula is C20H22N6O2. The Hall–Kier alpha value is -3.81. The van der Waals surface area contributed by atoms with E-state index >= 15 is 0 Å². The molecule has 28 heavy (non-hydrogen) atoms. The topological polar surface area (TPSA) is 114 Å². The first-order chi connectivity index (χ1) is 13.7. The van der Waals surface area contributed by atoms with Gasteiger partial charge in [-0.15, -0.1) is 0 Å². The predicted octanol–water partition coefficient (Wildman–Crippen LogP) is 2.89. The second-order valence-corrected chi connectivity index (χ2v) is 5.90. The van der Waals surface area contributed by atoms with Crippen LogP contribution in [0.25, 0.3) is 0 Å². The second-order valence-electron chi connectivity index (χ2n) is 5.90. The standard InChI is InChI=1S/C20H22N6O2/c1-2-28-16-10-8-15(9-11-16)24-19-18(21)20(23-13-22-19)26-25-17(27)12-14-6-4-3-5-7-14/h3-11,13H,2,12,21H2,1H3,(H,25,27)(H2,22,23,24,26). The van der Waals surface area contributed by atoms with Crippen LogP contribution in [0.5, 0.6) is 5.75 Å². The van der Waals surface area contributed by atoms with Gasteiger partial charge in [-0.25, -0.2) is 9.97 Å². The summed E-state index contributed by atoms with van der Waals surface area (Å²) in [5.41, 5.74) is 13.5. The highest BCUT2D eigenvalue weighted by Crippen LogP contribution is 2.26. The summed E-state index contributed by atoms with van der Waals surface area (Å²) >= 11 is 0. The highest BCUT2D eigenvalue weighted by atomic mass is 16.5. The van der Waals surface area contributed by atoms with Gasteiger partial charge >= 0.3 is 0 Å². The molecule has 1 heterocycles. The van der Waals surface area contributed by atoms with Crippen LogP contribution in [0.2, 0.25) is 0 Å². The van der Waals surface area contributed by atoms with Gasteiger partial charge in [-0.3, -0.25) is 15.6 Å². The van der Waals surface area contributed by atoms with E-state index in [1.165, 1.54) is 6.33 Å². The second kappa shape index (κ2) is 9.22. The Labute approximate surface area is 163 Å². The van der Waals surface area contributed by atoms with Crippen molar-refractivity contribution < 1.29 is 9.53 Å². The van der Waals surface area contributed by atoms with E-state index in [-0.39, 0.29) is 18.0 Å². The highest BCUT2D eigenvalue weighted by Gasteiger charge is 2.10. The monoisotopic (exact) mass is 378 g/mol. The molecule has 0 saturated carbocycles. The zero-order valence-corrected chi connectivity index (χ0v) is 15.5. The van der Waals surface area contributed by atoms with Gasteiger partial charge in [0.2, 0.25) is 5.91 Å². The summed E-state index contributed by atoms with van der Waals surface area (Å²) in [5, 5.41) is 3.13. The summed E-state index contributed by atoms with van der Waals surface area (Å²) in [6, 6.07) is 16.9. The maximum atomic E-state index is 12.1. The fourth-order valence-corrected chi connectivity index (χ4v) is 2.49. The van der Waals surface area contributed by atoms with E-state index in [9.17, 15) is 4.79 Å². The van der Waals surface area contributed by atoms with Crippen molar-refractivity contribution in [3.05, 3.63) is 66.5 Å². The van der Waals surface area contributed by atoms with Crippen molar-refractivity contribution in [3.8, 4) is 5.75 Å². The zero-order chi connectivity index (χ0) is 19.8. The summed E-state index contributed by atoms with van der Waals surface area (Å²) in [7, 11) is 0. The molecular weight excluding hydrogens is 356 g/mol. The van der Waals surface area contributed by atoms with Gasteiger partial charge in [-0.05, 0) is 36.8 Å². The number of carbonyl (C=O) groups is 1. The number of ether oxygens (including phenoxy) is 1. The third-order valence-corrected chi connectivity index (χ3v) is 3.84. The number of hydrazine groups is 1. The number of nitrogens with zero attached hydrogens (tertiary/aromatic N) is 2. The lowest BCUT2D eigenvalue weighted by molar-refractivity contribution is -0.119. The average molecular weight is 378 g/mol. The molecule has 1 aromatic heterocycles. The van der Waals surface area contributed by atoms with Gasteiger partial charge in [0, 0.05) is 5.69 Å². The summed E-state index contributed by atoms with van der Waals surface area (Å²) in [6.07, 6.45) is 1.61. The number of nitrogen functional groups attached to an aromatic ring is 1. The molecule has 0 aliphatic heterocycles. The maximum absolute atomic E-state index is 12.1. The number of benzene rings is 2. The largest absolute Gasteiger partial charge is 0.494 e. The molecule has 0 saturated heterocycles. The lowest BCUT2D eigenvalue weighted by Crippen LogP contribution is -2.31. The minimum Gasteiger partial charge on any atom is -0.494 e. The van der Waals surface area contributed by atoms with Crippen LogP contribution < -0.4 is 26.6 Å². The number of carbonyl (C=O) groups excluding carboxylic acids is 1. The predicted molar refractivity (Wildman–Crippen MR) is 109 cm³/mol. The van der Waals surface area contributed by atoms with Crippen molar-refractivity contribution in [2.24, 2.45) is 0 Å². The summed E-state index contributed by atoms with van der Waals surface area (Å²) in [5.74, 6) is 1.32. The molecule has 0 fully saturated rings. The minimum absolute atomic E-state index is 0.203. The van der Waals surface area contributed by atoms with Crippen molar-refractivity contribution in [2.75, 3.05) is 23.1 Å². The number of hydrogen-bond acceptors (Lipinski definition) is 7. The lowest BCUT2D eigenvalue weighted by atomic mass is 10.1. The van der Waals surface area contributed by atoms with E-state index < -0.39 is 0 Å². The molecule has 8 heteroatoms. The quantitative estimate of drug-likeness (QED) is 0.446. The molecule has 0 aliphatic rings. The van der Waals surface area contributed by atoms with Gasteiger partial charge in [0.15, 0.2) is 11.6 Å². The van der Waals surface area contributed by atoms with Crippen LogP contribution in [-0.4, -0.2) is 22.5 Å². The molecule has 0 unspecified atom stereocenters. The Balaban J connectivity index is 1.61. The van der Waals surface area contributed by atoms with Crippen LogP contribution in [0, 0.1) is 0 Å². The Morgan fingerprint density at radius 3 is 2.46 bits per heavy atom. The number of aromatic nitrogens is 2. The Morgan fingerprint density at radius 1 is 1.04 bits per heavy atom. The van der Waals surface area contributed by atoms with Crippen molar-refractivity contribution in [2.45, 2.75) is 13.3 Å². The van der Waals surface area contributed by atoms with Crippen molar-refractivity contribution in [1.82, 2.24) is 15.4 Å². The van der Waals surface area contributed by atoms with E-state index in [0.717, 1.165) is 17.0 Å². The molecule has 0 radical (unpaired) electrons. The van der Waals surface area contributed by atoms with Crippen LogP contribution >= 0.6 is 0 Å². The Bertz CT molecular complexity index is 916. The number of hydrogen-bond donors (Lipinski definition) is 4. The van der Waals surface area contributed by atoms with Crippen LogP contribution in [0.1, 0.15) is 12.5 Å². The third-order valence-electron chi connectivity index (χ3n) is 3.84. The van der Waals surface area contributed by atoms with Gasteiger partial charge < -0.3 is 15.8 Å². The van der Waals surface area contributed by atoms with Crippen LogP contribution in [-0.2, 0) is 11.2 Å². The van der Waals surface area contributed by atoms with Crippen molar-refractivity contribution in [3.63, 3.8) is 0 Å². The van der Waals surface area contributed by atoms with E-state index in [0.29, 0.717) is 18.2 Å². The smallest absolute Gasteiger partial charge is 0.242 e.